The molecule has 2 N–H and O–H groups in total. The zero-order chi connectivity index (χ0) is 18.3. The van der Waals surface area contributed by atoms with Gasteiger partial charge in [-0.05, 0) is 43.2 Å². The zero-order valence-corrected chi connectivity index (χ0v) is 14.4. The molecule has 3 heterocycles. The molecule has 0 saturated carbocycles. The summed E-state index contributed by atoms with van der Waals surface area (Å²) in [7, 11) is 0. The maximum atomic E-state index is 12.6. The fourth-order valence-electron chi connectivity index (χ4n) is 3.56. The Kier molecular flexibility index (Phi) is 4.16. The number of pyridine rings is 1. The van der Waals surface area contributed by atoms with E-state index in [0.717, 1.165) is 5.56 Å². The van der Waals surface area contributed by atoms with E-state index in [4.69, 9.17) is 9.47 Å². The first-order chi connectivity index (χ1) is 12.5. The highest BCUT2D eigenvalue weighted by molar-refractivity contribution is 5.94. The molecule has 7 nitrogen and oxygen atoms in total. The molecule has 2 atom stereocenters. The van der Waals surface area contributed by atoms with Crippen LogP contribution in [0.3, 0.4) is 0 Å². The number of β-amino-alcohol motifs (C(OH)–C–C–N with tert-alkyl or cyclic N) is 1. The van der Waals surface area contributed by atoms with Crippen LogP contribution in [-0.2, 0) is 0 Å². The van der Waals surface area contributed by atoms with Crippen LogP contribution in [0.25, 0.3) is 0 Å². The highest BCUT2D eigenvalue weighted by Gasteiger charge is 2.33. The molecule has 0 aliphatic carbocycles. The highest BCUT2D eigenvalue weighted by Crippen LogP contribution is 2.37. The van der Waals surface area contributed by atoms with E-state index in [9.17, 15) is 14.7 Å². The molecule has 1 aromatic carbocycles. The van der Waals surface area contributed by atoms with Crippen molar-refractivity contribution in [3.05, 3.63) is 57.5 Å². The average Bonchev–Trinajstić information content (AvgIpc) is 3.09. The third-order valence-electron chi connectivity index (χ3n) is 4.98. The molecule has 1 fully saturated rings. The number of likely N-dealkylation sites (tertiary alicyclic amines) is 1. The van der Waals surface area contributed by atoms with Crippen LogP contribution in [0.2, 0.25) is 0 Å². The van der Waals surface area contributed by atoms with Crippen molar-refractivity contribution in [3.8, 4) is 11.5 Å². The SMILES string of the molecule is Cc1ccc(C(=O)N2CC[C@@H](c3ccc4c(c3)OCO4)[C@H](O)C2)c(=O)[nH]1. The largest absolute Gasteiger partial charge is 0.454 e. The zero-order valence-electron chi connectivity index (χ0n) is 14.4. The quantitative estimate of drug-likeness (QED) is 0.849. The summed E-state index contributed by atoms with van der Waals surface area (Å²) >= 11 is 0. The van der Waals surface area contributed by atoms with Crippen LogP contribution in [0.15, 0.2) is 35.1 Å². The molecule has 0 bridgehead atoms. The second-order valence-electron chi connectivity index (χ2n) is 6.71. The molecule has 136 valence electrons. The Morgan fingerprint density at radius 3 is 2.81 bits per heavy atom. The highest BCUT2D eigenvalue weighted by atomic mass is 16.7. The number of rotatable bonds is 2. The van der Waals surface area contributed by atoms with E-state index in [2.05, 4.69) is 4.98 Å². The van der Waals surface area contributed by atoms with E-state index >= 15 is 0 Å². The number of hydrogen-bond donors (Lipinski definition) is 2. The number of piperidine rings is 1. The number of carbonyl (C=O) groups is 1. The monoisotopic (exact) mass is 356 g/mol. The van der Waals surface area contributed by atoms with Crippen molar-refractivity contribution >= 4 is 5.91 Å². The number of fused-ring (bicyclic) bond motifs is 1. The summed E-state index contributed by atoms with van der Waals surface area (Å²) in [5.74, 6) is 0.938. The van der Waals surface area contributed by atoms with E-state index in [-0.39, 0.29) is 30.7 Å². The Morgan fingerprint density at radius 2 is 2.04 bits per heavy atom. The molecule has 26 heavy (non-hydrogen) atoms. The molecular weight excluding hydrogens is 336 g/mol. The predicted octanol–water partition coefficient (Wildman–Crippen LogP) is 1.40. The molecule has 2 aliphatic heterocycles. The van der Waals surface area contributed by atoms with Crippen molar-refractivity contribution in [3.63, 3.8) is 0 Å². The second-order valence-corrected chi connectivity index (χ2v) is 6.71. The maximum Gasteiger partial charge on any atom is 0.260 e. The van der Waals surface area contributed by atoms with Gasteiger partial charge in [0.25, 0.3) is 11.5 Å². The lowest BCUT2D eigenvalue weighted by atomic mass is 9.86. The van der Waals surface area contributed by atoms with E-state index in [1.807, 2.05) is 18.2 Å². The first-order valence-corrected chi connectivity index (χ1v) is 8.60. The summed E-state index contributed by atoms with van der Waals surface area (Å²) in [6.45, 7) is 2.63. The number of benzene rings is 1. The minimum absolute atomic E-state index is 0.0927. The third kappa shape index (κ3) is 2.94. The second kappa shape index (κ2) is 6.49. The fourth-order valence-corrected chi connectivity index (χ4v) is 3.56. The molecule has 1 amide bonds. The number of aliphatic hydroxyl groups excluding tert-OH is 1. The van der Waals surface area contributed by atoms with Gasteiger partial charge in [-0.25, -0.2) is 0 Å². The van der Waals surface area contributed by atoms with Gasteiger partial charge in [0.1, 0.15) is 5.56 Å². The van der Waals surface area contributed by atoms with Gasteiger partial charge in [-0.1, -0.05) is 6.07 Å². The van der Waals surface area contributed by atoms with Crippen molar-refractivity contribution in [2.75, 3.05) is 19.9 Å². The van der Waals surface area contributed by atoms with Gasteiger partial charge < -0.3 is 24.5 Å². The van der Waals surface area contributed by atoms with Crippen molar-refractivity contribution in [1.29, 1.82) is 0 Å². The molecule has 1 saturated heterocycles. The van der Waals surface area contributed by atoms with Crippen LogP contribution in [0.4, 0.5) is 0 Å². The first kappa shape index (κ1) is 16.7. The Morgan fingerprint density at radius 1 is 1.23 bits per heavy atom. The molecule has 0 spiro atoms. The van der Waals surface area contributed by atoms with Gasteiger partial charge in [-0.3, -0.25) is 9.59 Å². The van der Waals surface area contributed by atoms with Crippen LogP contribution in [0, 0.1) is 6.92 Å². The summed E-state index contributed by atoms with van der Waals surface area (Å²) < 4.78 is 10.7. The smallest absolute Gasteiger partial charge is 0.260 e. The van der Waals surface area contributed by atoms with Crippen LogP contribution >= 0.6 is 0 Å². The van der Waals surface area contributed by atoms with Gasteiger partial charge in [-0.15, -0.1) is 0 Å². The van der Waals surface area contributed by atoms with Crippen LogP contribution in [-0.4, -0.2) is 46.9 Å². The minimum atomic E-state index is -0.711. The van der Waals surface area contributed by atoms with Crippen molar-refractivity contribution in [2.24, 2.45) is 0 Å². The van der Waals surface area contributed by atoms with Crippen LogP contribution in [0.5, 0.6) is 11.5 Å². The molecule has 1 aromatic heterocycles. The number of aryl methyl sites for hydroxylation is 1. The lowest BCUT2D eigenvalue weighted by molar-refractivity contribution is 0.0380. The number of hydrogen-bond acceptors (Lipinski definition) is 5. The number of aromatic amines is 1. The molecule has 0 unspecified atom stereocenters. The standard InChI is InChI=1S/C19H20N2O5/c1-11-2-4-14(18(23)20-11)19(24)21-7-6-13(15(22)9-21)12-3-5-16-17(8-12)26-10-25-16/h2-5,8,13,15,22H,6-7,9-10H2,1H3,(H,20,23)/t13-,15+/m0/s1. The summed E-state index contributed by atoms with van der Waals surface area (Å²) in [6, 6.07) is 8.88. The molecule has 7 heteroatoms. The van der Waals surface area contributed by atoms with Gasteiger partial charge in [0, 0.05) is 24.7 Å². The number of amides is 1. The minimum Gasteiger partial charge on any atom is -0.454 e. The molecular formula is C19H20N2O5. The molecule has 0 radical (unpaired) electrons. The Balaban J connectivity index is 1.50. The van der Waals surface area contributed by atoms with Crippen LogP contribution < -0.4 is 15.0 Å². The van der Waals surface area contributed by atoms with E-state index in [1.165, 1.54) is 11.0 Å². The predicted molar refractivity (Wildman–Crippen MR) is 93.6 cm³/mol. The fraction of sp³-hybridized carbons (Fsp3) is 0.368. The number of carbonyl (C=O) groups excluding carboxylic acids is 1. The first-order valence-electron chi connectivity index (χ1n) is 8.60. The number of nitrogens with one attached hydrogen (secondary N) is 1. The van der Waals surface area contributed by atoms with Gasteiger partial charge in [0.05, 0.1) is 6.10 Å². The van der Waals surface area contributed by atoms with Crippen molar-refractivity contribution in [1.82, 2.24) is 9.88 Å². The summed E-state index contributed by atoms with van der Waals surface area (Å²) in [4.78, 5) is 28.8. The van der Waals surface area contributed by atoms with Gasteiger partial charge >= 0.3 is 0 Å². The molecule has 2 aromatic rings. The lowest BCUT2D eigenvalue weighted by Gasteiger charge is -2.36. The van der Waals surface area contributed by atoms with E-state index < -0.39 is 11.7 Å². The Labute approximate surface area is 150 Å². The Bertz CT molecular complexity index is 907. The number of aliphatic hydroxyl groups is 1. The molecule has 4 rings (SSSR count). The number of aromatic nitrogens is 1. The summed E-state index contributed by atoms with van der Waals surface area (Å²) in [6.07, 6.45) is -0.103. The summed E-state index contributed by atoms with van der Waals surface area (Å²) in [5, 5.41) is 10.6. The van der Waals surface area contributed by atoms with Crippen molar-refractivity contribution in [2.45, 2.75) is 25.4 Å². The normalized spacial score (nSPS) is 21.7. The van der Waals surface area contributed by atoms with Crippen molar-refractivity contribution < 1.29 is 19.4 Å². The summed E-state index contributed by atoms with van der Waals surface area (Å²) in [5.41, 5.74) is 1.36. The average molecular weight is 356 g/mol. The number of nitrogens with zero attached hydrogens (tertiary/aromatic N) is 1. The third-order valence-corrected chi connectivity index (χ3v) is 4.98. The maximum absolute atomic E-state index is 12.6. The topological polar surface area (TPSA) is 91.9 Å². The van der Waals surface area contributed by atoms with E-state index in [1.54, 1.807) is 13.0 Å². The Hall–Kier alpha value is -2.80. The number of H-pyrrole nitrogens is 1. The van der Waals surface area contributed by atoms with E-state index in [0.29, 0.717) is 30.2 Å². The molecule has 2 aliphatic rings. The number of ether oxygens (including phenoxy) is 2. The van der Waals surface area contributed by atoms with Gasteiger partial charge in [-0.2, -0.15) is 0 Å². The van der Waals surface area contributed by atoms with Gasteiger partial charge in [0.15, 0.2) is 11.5 Å². The lowest BCUT2D eigenvalue weighted by Crippen LogP contribution is -2.46. The van der Waals surface area contributed by atoms with Gasteiger partial charge in [0.2, 0.25) is 6.79 Å². The van der Waals surface area contributed by atoms with Crippen LogP contribution in [0.1, 0.15) is 34.0 Å².